The molecule has 0 N–H and O–H groups in total. The largest absolute Gasteiger partial charge is 0.496 e. The van der Waals surface area contributed by atoms with Crippen LogP contribution in [-0.2, 0) is 0 Å². The molecule has 2 aromatic rings. The number of halogens is 2. The van der Waals surface area contributed by atoms with Gasteiger partial charge in [0, 0.05) is 10.6 Å². The third kappa shape index (κ3) is 3.71. The summed E-state index contributed by atoms with van der Waals surface area (Å²) in [5.41, 5.74) is 1.53. The molecule has 0 spiro atoms. The standard InChI is InChI=1S/C16H12BrClO2/c1-20-16-9-3-11(10-14(16)17)2-8-15(19)12-4-6-13(18)7-5-12/h2-10H,1H3/b8-2-. The lowest BCUT2D eigenvalue weighted by Crippen LogP contribution is -1.93. The molecule has 0 saturated heterocycles. The Hall–Kier alpha value is -1.58. The van der Waals surface area contributed by atoms with Gasteiger partial charge in [0.15, 0.2) is 5.78 Å². The minimum atomic E-state index is -0.0615. The van der Waals surface area contributed by atoms with Crippen molar-refractivity contribution in [3.8, 4) is 5.75 Å². The summed E-state index contributed by atoms with van der Waals surface area (Å²) in [7, 11) is 1.61. The summed E-state index contributed by atoms with van der Waals surface area (Å²) < 4.78 is 6.00. The molecule has 0 aliphatic heterocycles. The number of benzene rings is 2. The molecule has 0 aromatic heterocycles. The Morgan fingerprint density at radius 2 is 1.90 bits per heavy atom. The Labute approximate surface area is 131 Å². The second-order valence-electron chi connectivity index (χ2n) is 4.10. The Morgan fingerprint density at radius 1 is 1.20 bits per heavy atom. The summed E-state index contributed by atoms with van der Waals surface area (Å²) in [6.07, 6.45) is 3.30. The van der Waals surface area contributed by atoms with Gasteiger partial charge in [-0.25, -0.2) is 0 Å². The van der Waals surface area contributed by atoms with Gasteiger partial charge >= 0.3 is 0 Å². The predicted octanol–water partition coefficient (Wildman–Crippen LogP) is 5.01. The molecular formula is C16H12BrClO2. The predicted molar refractivity (Wildman–Crippen MR) is 85.5 cm³/mol. The summed E-state index contributed by atoms with van der Waals surface area (Å²) in [6.45, 7) is 0. The summed E-state index contributed by atoms with van der Waals surface area (Å²) in [5.74, 6) is 0.694. The van der Waals surface area contributed by atoms with Crippen LogP contribution in [0.1, 0.15) is 15.9 Å². The van der Waals surface area contributed by atoms with Crippen molar-refractivity contribution in [3.05, 3.63) is 69.2 Å². The molecule has 0 atom stereocenters. The van der Waals surface area contributed by atoms with Gasteiger partial charge in [-0.05, 0) is 64.0 Å². The average Bonchev–Trinajstić information content (AvgIpc) is 2.45. The van der Waals surface area contributed by atoms with Gasteiger partial charge in [-0.2, -0.15) is 0 Å². The minimum Gasteiger partial charge on any atom is -0.496 e. The first-order chi connectivity index (χ1) is 9.60. The molecule has 102 valence electrons. The highest BCUT2D eigenvalue weighted by atomic mass is 79.9. The number of methoxy groups -OCH3 is 1. The zero-order valence-electron chi connectivity index (χ0n) is 10.8. The van der Waals surface area contributed by atoms with Crippen molar-refractivity contribution < 1.29 is 9.53 Å². The average molecular weight is 352 g/mol. The van der Waals surface area contributed by atoms with Crippen molar-refractivity contribution in [1.29, 1.82) is 0 Å². The fourth-order valence-electron chi connectivity index (χ4n) is 1.67. The van der Waals surface area contributed by atoms with Crippen molar-refractivity contribution in [2.45, 2.75) is 0 Å². The molecule has 0 heterocycles. The molecule has 0 amide bonds. The summed E-state index contributed by atoms with van der Waals surface area (Å²) in [4.78, 5) is 12.0. The fourth-order valence-corrected chi connectivity index (χ4v) is 2.35. The third-order valence-electron chi connectivity index (χ3n) is 2.73. The first kappa shape index (κ1) is 14.8. The van der Waals surface area contributed by atoms with Gasteiger partial charge in [-0.1, -0.05) is 23.7 Å². The van der Waals surface area contributed by atoms with Gasteiger partial charge in [0.05, 0.1) is 11.6 Å². The molecule has 20 heavy (non-hydrogen) atoms. The molecule has 2 nitrogen and oxygen atoms in total. The van der Waals surface area contributed by atoms with Gasteiger partial charge < -0.3 is 4.74 Å². The Balaban J connectivity index is 2.14. The fraction of sp³-hybridized carbons (Fsp3) is 0.0625. The van der Waals surface area contributed by atoms with Gasteiger partial charge in [0.2, 0.25) is 0 Å². The molecule has 0 fully saturated rings. The van der Waals surface area contributed by atoms with E-state index in [9.17, 15) is 4.79 Å². The lowest BCUT2D eigenvalue weighted by atomic mass is 10.1. The monoisotopic (exact) mass is 350 g/mol. The SMILES string of the molecule is COc1ccc(/C=C\C(=O)c2ccc(Cl)cc2)cc1Br. The van der Waals surface area contributed by atoms with E-state index in [1.54, 1.807) is 37.5 Å². The van der Waals surface area contributed by atoms with Crippen LogP contribution >= 0.6 is 27.5 Å². The van der Waals surface area contributed by atoms with E-state index < -0.39 is 0 Å². The Kier molecular flexibility index (Phi) is 4.99. The second-order valence-corrected chi connectivity index (χ2v) is 5.39. The lowest BCUT2D eigenvalue weighted by molar-refractivity contribution is 0.104. The van der Waals surface area contributed by atoms with Crippen molar-refractivity contribution in [1.82, 2.24) is 0 Å². The van der Waals surface area contributed by atoms with Gasteiger partial charge in [-0.15, -0.1) is 0 Å². The first-order valence-corrected chi connectivity index (χ1v) is 7.09. The first-order valence-electron chi connectivity index (χ1n) is 5.91. The number of ether oxygens (including phenoxy) is 1. The van der Waals surface area contributed by atoms with Crippen LogP contribution < -0.4 is 4.74 Å². The maximum absolute atomic E-state index is 12.0. The van der Waals surface area contributed by atoms with E-state index >= 15 is 0 Å². The molecule has 0 unspecified atom stereocenters. The third-order valence-corrected chi connectivity index (χ3v) is 3.60. The van der Waals surface area contributed by atoms with E-state index in [1.807, 2.05) is 18.2 Å². The number of hydrogen-bond acceptors (Lipinski definition) is 2. The van der Waals surface area contributed by atoms with Crippen LogP contribution in [0.2, 0.25) is 5.02 Å². The maximum Gasteiger partial charge on any atom is 0.185 e. The summed E-state index contributed by atoms with van der Waals surface area (Å²) >= 11 is 9.20. The Morgan fingerprint density at radius 3 is 2.50 bits per heavy atom. The van der Waals surface area contributed by atoms with Crippen LogP contribution in [0.4, 0.5) is 0 Å². The Bertz CT molecular complexity index is 648. The second kappa shape index (κ2) is 6.73. The van der Waals surface area contributed by atoms with Crippen molar-refractivity contribution in [3.63, 3.8) is 0 Å². The number of allylic oxidation sites excluding steroid dienone is 1. The highest BCUT2D eigenvalue weighted by Gasteiger charge is 2.02. The molecular weight excluding hydrogens is 340 g/mol. The van der Waals surface area contributed by atoms with Crippen LogP contribution in [0.5, 0.6) is 5.75 Å². The van der Waals surface area contributed by atoms with Crippen LogP contribution in [0.15, 0.2) is 53.0 Å². The summed E-state index contributed by atoms with van der Waals surface area (Å²) in [5, 5.41) is 0.615. The smallest absolute Gasteiger partial charge is 0.185 e. The number of rotatable bonds is 4. The van der Waals surface area contributed by atoms with E-state index in [0.29, 0.717) is 10.6 Å². The highest BCUT2D eigenvalue weighted by molar-refractivity contribution is 9.10. The molecule has 0 aliphatic rings. The van der Waals surface area contributed by atoms with E-state index in [1.165, 1.54) is 6.08 Å². The number of carbonyl (C=O) groups excluding carboxylic acids is 1. The molecule has 0 aliphatic carbocycles. The van der Waals surface area contributed by atoms with E-state index in [2.05, 4.69) is 15.9 Å². The van der Waals surface area contributed by atoms with Crippen molar-refractivity contribution in [2.24, 2.45) is 0 Å². The number of ketones is 1. The molecule has 4 heteroatoms. The molecule has 2 aromatic carbocycles. The van der Waals surface area contributed by atoms with Crippen LogP contribution in [0, 0.1) is 0 Å². The topological polar surface area (TPSA) is 26.3 Å². The highest BCUT2D eigenvalue weighted by Crippen LogP contribution is 2.26. The molecule has 0 saturated carbocycles. The van der Waals surface area contributed by atoms with E-state index in [-0.39, 0.29) is 5.78 Å². The zero-order valence-corrected chi connectivity index (χ0v) is 13.1. The lowest BCUT2D eigenvalue weighted by Gasteiger charge is -2.03. The zero-order chi connectivity index (χ0) is 14.5. The van der Waals surface area contributed by atoms with Gasteiger partial charge in [-0.3, -0.25) is 4.79 Å². The molecule has 0 radical (unpaired) electrons. The maximum atomic E-state index is 12.0. The van der Waals surface area contributed by atoms with Crippen LogP contribution in [0.3, 0.4) is 0 Å². The molecule has 0 bridgehead atoms. The van der Waals surface area contributed by atoms with Gasteiger partial charge in [0.25, 0.3) is 0 Å². The van der Waals surface area contributed by atoms with E-state index in [4.69, 9.17) is 16.3 Å². The van der Waals surface area contributed by atoms with Crippen LogP contribution in [-0.4, -0.2) is 12.9 Å². The number of carbonyl (C=O) groups is 1. The minimum absolute atomic E-state index is 0.0615. The summed E-state index contributed by atoms with van der Waals surface area (Å²) in [6, 6.07) is 12.4. The van der Waals surface area contributed by atoms with Gasteiger partial charge in [0.1, 0.15) is 5.75 Å². The quantitative estimate of drug-likeness (QED) is 0.572. The van der Waals surface area contributed by atoms with Crippen molar-refractivity contribution >= 4 is 39.4 Å². The van der Waals surface area contributed by atoms with E-state index in [0.717, 1.165) is 15.8 Å². The van der Waals surface area contributed by atoms with Crippen LogP contribution in [0.25, 0.3) is 6.08 Å². The molecule has 2 rings (SSSR count). The van der Waals surface area contributed by atoms with Crippen molar-refractivity contribution in [2.75, 3.05) is 7.11 Å². The normalized spacial score (nSPS) is 10.8. The number of hydrogen-bond donors (Lipinski definition) is 0.